The number of alkyl carbamates (subject to hydrolysis) is 1. The van der Waals surface area contributed by atoms with Gasteiger partial charge in [0.25, 0.3) is 0 Å². The molecule has 0 aromatic heterocycles. The second-order valence-electron chi connectivity index (χ2n) is 5.87. The predicted molar refractivity (Wildman–Crippen MR) is 79.2 cm³/mol. The van der Waals surface area contributed by atoms with E-state index in [-0.39, 0.29) is 41.7 Å². The van der Waals surface area contributed by atoms with Crippen LogP contribution in [0, 0.1) is 5.92 Å². The van der Waals surface area contributed by atoms with E-state index in [1.54, 1.807) is 0 Å². The van der Waals surface area contributed by atoms with Crippen LogP contribution >= 0.6 is 0 Å². The Labute approximate surface area is 152 Å². The monoisotopic (exact) mass is 319 g/mol. The van der Waals surface area contributed by atoms with E-state index in [0.29, 0.717) is 12.5 Å². The largest absolute Gasteiger partial charge is 1.00 e. The Morgan fingerprint density at radius 3 is 2.14 bits per heavy atom. The summed E-state index contributed by atoms with van der Waals surface area (Å²) >= 11 is 0. The van der Waals surface area contributed by atoms with Gasteiger partial charge in [-0.1, -0.05) is 5.11 Å². The zero-order valence-electron chi connectivity index (χ0n) is 13.7. The van der Waals surface area contributed by atoms with Crippen molar-refractivity contribution in [2.75, 3.05) is 6.54 Å². The van der Waals surface area contributed by atoms with Crippen molar-refractivity contribution in [1.82, 2.24) is 5.32 Å². The molecule has 1 amide bonds. The Morgan fingerprint density at radius 2 is 1.73 bits per heavy atom. The molecule has 1 rings (SSSR count). The van der Waals surface area contributed by atoms with Crippen LogP contribution in [0.1, 0.15) is 46.5 Å². The van der Waals surface area contributed by atoms with Gasteiger partial charge in [-0.05, 0) is 57.9 Å². The maximum Gasteiger partial charge on any atom is 1.00 e. The minimum atomic E-state index is -0.456. The second-order valence-corrected chi connectivity index (χ2v) is 5.87. The van der Waals surface area contributed by atoms with Crippen LogP contribution in [0.15, 0.2) is 5.11 Å². The first-order valence-electron chi connectivity index (χ1n) is 6.81. The maximum atomic E-state index is 11.6. The second kappa shape index (κ2) is 12.4. The summed E-state index contributed by atoms with van der Waals surface area (Å²) in [6.45, 7) is 6.12. The van der Waals surface area contributed by atoms with Gasteiger partial charge in [0.05, 0.1) is 0 Å². The molecule has 0 spiro atoms. The van der Waals surface area contributed by atoms with Crippen LogP contribution in [0.5, 0.6) is 0 Å². The van der Waals surface area contributed by atoms with E-state index >= 15 is 0 Å². The van der Waals surface area contributed by atoms with E-state index < -0.39 is 5.60 Å². The quantitative estimate of drug-likeness (QED) is 0.361. The Hall–Kier alpha value is -1.11. The number of rotatable bonds is 3. The summed E-state index contributed by atoms with van der Waals surface area (Å²) in [5, 5.41) is 6.49. The van der Waals surface area contributed by atoms with E-state index in [1.165, 1.54) is 4.91 Å². The molecule has 0 aromatic carbocycles. The smallest absolute Gasteiger partial charge is 0.444 e. The van der Waals surface area contributed by atoms with E-state index in [1.807, 2.05) is 20.8 Å². The molecule has 0 atom stereocenters. The number of azide groups is 1. The average molecular weight is 319 g/mol. The van der Waals surface area contributed by atoms with Gasteiger partial charge in [-0.25, -0.2) is 4.79 Å². The van der Waals surface area contributed by atoms with Gasteiger partial charge in [-0.2, -0.15) is 0 Å². The van der Waals surface area contributed by atoms with Gasteiger partial charge in [0, 0.05) is 17.5 Å². The molecule has 118 valence electrons. The first-order valence-corrected chi connectivity index (χ1v) is 6.81. The van der Waals surface area contributed by atoms with Crippen molar-refractivity contribution in [3.05, 3.63) is 26.4 Å². The topological polar surface area (TPSA) is 146 Å². The van der Waals surface area contributed by atoms with Gasteiger partial charge in [0.2, 0.25) is 0 Å². The van der Waals surface area contributed by atoms with Gasteiger partial charge in [0.15, 0.2) is 0 Å². The van der Waals surface area contributed by atoms with Crippen molar-refractivity contribution in [3.8, 4) is 0 Å². The summed E-state index contributed by atoms with van der Waals surface area (Å²) in [6.07, 6.45) is 3.47. The summed E-state index contributed by atoms with van der Waals surface area (Å²) in [6, 6.07) is 0.183. The van der Waals surface area contributed by atoms with Crippen LogP contribution in [0.3, 0.4) is 0 Å². The molecular formula is C12H22N7NaO2. The third-order valence-corrected chi connectivity index (χ3v) is 2.97. The maximum absolute atomic E-state index is 11.6. The fraction of sp³-hybridized carbons (Fsp3) is 0.917. The molecule has 0 radical (unpaired) electrons. The average Bonchev–Trinajstić information content (AvgIpc) is 2.36. The summed E-state index contributed by atoms with van der Waals surface area (Å²) in [5.41, 5.74) is 21.3. The first kappa shape index (κ1) is 23.2. The van der Waals surface area contributed by atoms with Crippen LogP contribution in [0.4, 0.5) is 4.79 Å². The summed E-state index contributed by atoms with van der Waals surface area (Å²) in [5.74, 6) is 0.456. The fourth-order valence-electron chi connectivity index (χ4n) is 2.12. The summed E-state index contributed by atoms with van der Waals surface area (Å²) in [7, 11) is 0. The van der Waals surface area contributed by atoms with Gasteiger partial charge in [-0.15, -0.1) is 0 Å². The molecule has 0 unspecified atom stereocenters. The Balaban J connectivity index is 0. The molecule has 1 fully saturated rings. The van der Waals surface area contributed by atoms with Crippen LogP contribution in [-0.4, -0.2) is 24.3 Å². The number of carbonyl (C=O) groups excluding carboxylic acids is 1. The van der Waals surface area contributed by atoms with Crippen LogP contribution < -0.4 is 34.9 Å². The van der Waals surface area contributed by atoms with Crippen molar-refractivity contribution in [1.29, 1.82) is 0 Å². The zero-order valence-corrected chi connectivity index (χ0v) is 15.7. The summed E-state index contributed by atoms with van der Waals surface area (Å²) in [4.78, 5) is 15.9. The van der Waals surface area contributed by atoms with Crippen molar-refractivity contribution in [2.45, 2.75) is 58.1 Å². The number of hydrogen-bond donors (Lipinski definition) is 1. The van der Waals surface area contributed by atoms with Gasteiger partial charge >= 0.3 is 35.7 Å². The van der Waals surface area contributed by atoms with E-state index in [9.17, 15) is 4.79 Å². The number of carbonyl (C=O) groups is 1. The Kier molecular flexibility index (Phi) is 13.1. The molecule has 1 saturated carbocycles. The van der Waals surface area contributed by atoms with E-state index in [2.05, 4.69) is 15.3 Å². The molecule has 1 aliphatic rings. The fourth-order valence-corrected chi connectivity index (χ4v) is 2.12. The predicted octanol–water partition coefficient (Wildman–Crippen LogP) is 1.25. The molecule has 22 heavy (non-hydrogen) atoms. The van der Waals surface area contributed by atoms with Crippen molar-refractivity contribution in [2.24, 2.45) is 11.0 Å². The first-order chi connectivity index (χ1) is 9.82. The third-order valence-electron chi connectivity index (χ3n) is 2.97. The van der Waals surface area contributed by atoms with Crippen LogP contribution in [0.25, 0.3) is 26.4 Å². The molecule has 0 bridgehead atoms. The number of nitrogens with one attached hydrogen (secondary N) is 1. The standard InChI is InChI=1S/C12H22N4O2.N3.Na/c1-12(2,3)18-11(17)15-10-6-4-9(5-7-10)8-14-16-13;1-3-2;/h9-10H,4-8H2,1-3H3,(H,15,17);;/q;-1;+1. The third kappa shape index (κ3) is 12.6. The molecule has 9 nitrogen and oxygen atoms in total. The number of ether oxygens (including phenoxy) is 1. The van der Waals surface area contributed by atoms with Crippen molar-refractivity contribution in [3.63, 3.8) is 0 Å². The minimum absolute atomic E-state index is 0. The number of nitrogens with zero attached hydrogens (tertiary/aromatic N) is 6. The van der Waals surface area contributed by atoms with Crippen molar-refractivity contribution >= 4 is 6.09 Å². The van der Waals surface area contributed by atoms with Gasteiger partial charge in [0.1, 0.15) is 5.60 Å². The van der Waals surface area contributed by atoms with Crippen LogP contribution in [-0.2, 0) is 4.74 Å². The normalized spacial score (nSPS) is 20.0. The van der Waals surface area contributed by atoms with Crippen molar-refractivity contribution < 1.29 is 39.1 Å². The summed E-state index contributed by atoms with van der Waals surface area (Å²) < 4.78 is 5.22. The Morgan fingerprint density at radius 1 is 1.23 bits per heavy atom. The number of hydrogen-bond acceptors (Lipinski definition) is 3. The molecule has 0 aromatic rings. The number of amides is 1. The van der Waals surface area contributed by atoms with Gasteiger partial charge < -0.3 is 21.1 Å². The molecular weight excluding hydrogens is 297 g/mol. The molecule has 1 N–H and O–H groups in total. The van der Waals surface area contributed by atoms with Gasteiger partial charge in [-0.3, -0.25) is 4.91 Å². The zero-order chi connectivity index (χ0) is 16.3. The molecule has 0 aliphatic heterocycles. The molecule has 1 aliphatic carbocycles. The SMILES string of the molecule is CC(C)(C)OC(=O)NC1CCC(CN=[N+]=[N-])CC1.[N-]=[N+]=[N-].[Na+]. The molecule has 0 heterocycles. The Bertz CT molecular complexity index is 404. The molecule has 0 saturated heterocycles. The minimum Gasteiger partial charge on any atom is -0.444 e. The van der Waals surface area contributed by atoms with E-state index in [0.717, 1.165) is 25.7 Å². The molecule has 10 heteroatoms. The van der Waals surface area contributed by atoms with Crippen LogP contribution in [0.2, 0.25) is 0 Å². The van der Waals surface area contributed by atoms with E-state index in [4.69, 9.17) is 21.3 Å².